The van der Waals surface area contributed by atoms with E-state index in [4.69, 9.17) is 40.2 Å². The van der Waals surface area contributed by atoms with Gasteiger partial charge in [-0.2, -0.15) is 5.21 Å². The first-order valence-electron chi connectivity index (χ1n) is 40.0. The van der Waals surface area contributed by atoms with Crippen molar-refractivity contribution in [3.05, 3.63) is 226 Å². The van der Waals surface area contributed by atoms with E-state index in [9.17, 15) is 98.2 Å². The Morgan fingerprint density at radius 3 is 0.970 bits per heavy atom. The van der Waals surface area contributed by atoms with E-state index in [1.165, 1.54) is 116 Å². The van der Waals surface area contributed by atoms with Crippen molar-refractivity contribution < 1.29 is 138 Å². The topological polar surface area (TPSA) is 528 Å². The summed E-state index contributed by atoms with van der Waals surface area (Å²) in [6.45, 7) is 7.75. The number of hydrogen-bond donors (Lipinski definition) is 11. The van der Waals surface area contributed by atoms with E-state index in [0.717, 1.165) is 61.9 Å². The molecule has 0 aliphatic carbocycles. The number of carbonyl (C=O) groups is 4. The van der Waals surface area contributed by atoms with Gasteiger partial charge in [0.2, 0.25) is 5.82 Å². The highest BCUT2D eigenvalue weighted by atomic mass is 32.2. The number of hydrogen-bond acceptors (Lipinski definition) is 30. The number of H-pyrrole nitrogens is 1. The molecule has 0 unspecified atom stereocenters. The molecule has 35 nitrogen and oxygen atoms in total. The molecule has 0 saturated carbocycles. The summed E-state index contributed by atoms with van der Waals surface area (Å²) in [7, 11) is -15.6. The Bertz CT molecular complexity index is 6510. The number of aliphatic hydroxyl groups excluding tert-OH is 2. The zero-order valence-corrected chi connectivity index (χ0v) is 75.6. The van der Waals surface area contributed by atoms with E-state index in [-0.39, 0.29) is 109 Å². The Kier molecular flexibility index (Phi) is 32.2. The Hall–Kier alpha value is -12.5. The second kappa shape index (κ2) is 41.8. The van der Waals surface area contributed by atoms with Crippen molar-refractivity contribution in [1.82, 2.24) is 47.5 Å². The van der Waals surface area contributed by atoms with Crippen molar-refractivity contribution in [3.8, 4) is 55.9 Å². The van der Waals surface area contributed by atoms with E-state index >= 15 is 0 Å². The maximum Gasteiger partial charge on any atom is 0.264 e. The summed E-state index contributed by atoms with van der Waals surface area (Å²) >= 11 is 0. The van der Waals surface area contributed by atoms with Crippen molar-refractivity contribution in [2.75, 3.05) is 25.0 Å². The van der Waals surface area contributed by atoms with Crippen LogP contribution in [0, 0.1) is 46.5 Å². The fourth-order valence-electron chi connectivity index (χ4n) is 14.6. The number of benzene rings is 7. The third-order valence-corrected chi connectivity index (χ3v) is 30.8. The van der Waals surface area contributed by atoms with E-state index in [0.29, 0.717) is 56.3 Å². The van der Waals surface area contributed by atoms with Crippen molar-refractivity contribution in [2.45, 2.75) is 161 Å². The number of sulfone groups is 4. The smallest absolute Gasteiger partial charge is 0.264 e. The molecule has 47 heteroatoms. The normalized spacial score (nSPS) is 18.2. The van der Waals surface area contributed by atoms with Gasteiger partial charge in [0.05, 0.1) is 46.8 Å². The lowest BCUT2D eigenvalue weighted by molar-refractivity contribution is -0.133. The van der Waals surface area contributed by atoms with Gasteiger partial charge < -0.3 is 29.6 Å². The number of amides is 4. The van der Waals surface area contributed by atoms with Gasteiger partial charge in [-0.1, -0.05) is 106 Å². The quantitative estimate of drug-likeness (QED) is 0.0118. The zero-order valence-electron chi connectivity index (χ0n) is 72.3. The van der Waals surface area contributed by atoms with Crippen LogP contribution in [0.15, 0.2) is 166 Å². The molecule has 4 amide bonds. The molecule has 10 atom stereocenters. The van der Waals surface area contributed by atoms with Crippen LogP contribution in [0.3, 0.4) is 0 Å². The first kappa shape index (κ1) is 103. The van der Waals surface area contributed by atoms with Crippen LogP contribution in [0.2, 0.25) is 0 Å². The molecule has 133 heavy (non-hydrogen) atoms. The fraction of sp³-hybridized carbons (Fsp3) is 0.349. The first-order valence-corrected chi connectivity index (χ1v) is 47.6. The standard InChI is InChI=1S/C23H25F3N2O6S.C23H26F2N2O6S.C21H21FN6O5S.C19H19F2N3O5S/c1-12(29)6-13-7-18(25)21(19(26)8-13)16-5-4-14(9-17(16)24)20-10-15(34-28-20)11-23(2,22(30)27-31)35(3,32)33;1-13(28)8-14-4-6-17(19(24)9-14)18-7-5-15(10-20(18)25)21-11-16(33-27-21)12-23(2,22(29)26-30)34(3,31)32;1-21(20(29)25-30,34(2,31)32)11-15-10-18(26-33-15)14-7-8-16(17(22)9-14)12-3-5-13(6-4-12)19-23-27-28-24-19;1-19(18(25)23-26,30(2,27)28)9-12-8-17(24-29-12)11-3-4-13(15(20)7-11)14-5-6-22-10-16(14)21/h4-5,7-9,12,15,29,31H,6,10-11H2,1-3H3,(H,27,30);4-7,9-10,13,16,28,30H,8,11-12H2,1-3H3,(H,26,29);3-9,15,30H,10-11H2,1-2H3,(H,25,29)(H,23,24,27,28);3-7,10,12,26H,8-9H2,1-2H3,(H,23,25)/t12-,15-,23-;13-,16-,23-;15-,21-;12-,19-/m1111/s1. The number of pyridine rings is 1. The van der Waals surface area contributed by atoms with Crippen molar-refractivity contribution in [1.29, 1.82) is 0 Å². The number of rotatable bonds is 29. The summed E-state index contributed by atoms with van der Waals surface area (Å²) in [6.07, 6.45) is 0.846. The van der Waals surface area contributed by atoms with Crippen molar-refractivity contribution >= 4 is 85.8 Å². The second-order valence-electron chi connectivity index (χ2n) is 32.8. The average Bonchev–Trinajstić information content (AvgIpc) is 1.75. The lowest BCUT2D eigenvalue weighted by Crippen LogP contribution is -2.51. The Morgan fingerprint density at radius 2 is 0.677 bits per heavy atom. The third-order valence-electron chi connectivity index (χ3n) is 22.8. The molecule has 9 aromatic rings. The number of nitrogens with zero attached hydrogens (tertiary/aromatic N) is 8. The fourth-order valence-corrected chi connectivity index (χ4v) is 18.1. The van der Waals surface area contributed by atoms with Gasteiger partial charge in [-0.3, -0.25) is 45.0 Å². The van der Waals surface area contributed by atoms with E-state index in [2.05, 4.69) is 46.2 Å². The number of halogens is 8. The molecule has 7 aromatic carbocycles. The van der Waals surface area contributed by atoms with Gasteiger partial charge in [-0.05, 0) is 125 Å². The van der Waals surface area contributed by atoms with Crippen LogP contribution >= 0.6 is 0 Å². The predicted octanol–water partition coefficient (Wildman–Crippen LogP) is 9.72. The third kappa shape index (κ3) is 23.6. The van der Waals surface area contributed by atoms with Crippen LogP contribution in [0.5, 0.6) is 0 Å². The van der Waals surface area contributed by atoms with Gasteiger partial charge in [0.1, 0.15) is 71.0 Å². The summed E-state index contributed by atoms with van der Waals surface area (Å²) < 4.78 is 206. The molecule has 4 aliphatic heterocycles. The summed E-state index contributed by atoms with van der Waals surface area (Å²) in [5.41, 5.74) is 10.2. The number of carbonyl (C=O) groups excluding carboxylic acids is 4. The number of oxime groups is 4. The Labute approximate surface area is 756 Å². The summed E-state index contributed by atoms with van der Waals surface area (Å²) in [4.78, 5) is 72.7. The highest BCUT2D eigenvalue weighted by Gasteiger charge is 2.51. The lowest BCUT2D eigenvalue weighted by Gasteiger charge is -2.26. The van der Waals surface area contributed by atoms with Gasteiger partial charge in [-0.15, -0.1) is 10.2 Å². The van der Waals surface area contributed by atoms with Crippen LogP contribution in [0.4, 0.5) is 35.1 Å². The highest BCUT2D eigenvalue weighted by molar-refractivity contribution is 7.93. The number of tetrazole rings is 1. The molecule has 0 saturated heterocycles. The number of nitrogens with one attached hydrogen (secondary N) is 5. The summed E-state index contributed by atoms with van der Waals surface area (Å²) in [5.74, 6) is -9.93. The SMILES string of the molecule is C[C@@H](O)Cc1cc(F)c(-c2ccc(C3=NO[C@@H](C[C@](C)(C(=O)NO)S(C)(=O)=O)C3)cc2F)c(F)c1.C[C@@H](O)Cc1ccc(-c2ccc(C3=NO[C@@H](C[C@](C)(C(=O)NO)S(C)(=O)=O)C3)cc2F)c(F)c1.C[C@@](C[C@H]1CC(c2ccc(-c3ccc(-c4nn[nH]n4)cc3)c(F)c2)=NO1)(C(=O)NO)S(C)(=O)=O.C[C@@](C[C@H]1CC(c2ccc(-c3ccncc3F)c(F)c2)=NO1)(C(=O)NO)S(C)(=O)=O. The number of aliphatic hydroxyl groups is 2. The second-order valence-corrected chi connectivity index (χ2v) is 42.6. The molecule has 13 rings (SSSR count). The average molecular weight is 1940 g/mol. The molecule has 0 radical (unpaired) electrons. The van der Waals surface area contributed by atoms with Crippen molar-refractivity contribution in [3.63, 3.8) is 0 Å². The van der Waals surface area contributed by atoms with Gasteiger partial charge in [0.15, 0.2) is 58.3 Å². The zero-order chi connectivity index (χ0) is 98.0. The van der Waals surface area contributed by atoms with E-state index < -0.39 is 171 Å². The van der Waals surface area contributed by atoms with Crippen LogP contribution in [-0.2, 0) is 90.7 Å². The Balaban J connectivity index is 0.000000184. The minimum Gasteiger partial charge on any atom is -0.393 e. The predicted molar refractivity (Wildman–Crippen MR) is 464 cm³/mol. The largest absolute Gasteiger partial charge is 0.393 e. The highest BCUT2D eigenvalue weighted by Crippen LogP contribution is 2.39. The maximum atomic E-state index is 14.9. The molecule has 0 spiro atoms. The molecule has 2 aromatic heterocycles. The molecular formula is C86H91F8N13O22S4. The van der Waals surface area contributed by atoms with Gasteiger partial charge in [-0.25, -0.2) is 90.7 Å². The molecule has 6 heterocycles. The van der Waals surface area contributed by atoms with E-state index in [1.807, 2.05) is 0 Å². The van der Waals surface area contributed by atoms with Crippen LogP contribution in [0.1, 0.15) is 126 Å². The van der Waals surface area contributed by atoms with Crippen molar-refractivity contribution in [2.24, 2.45) is 20.6 Å². The summed E-state index contributed by atoms with van der Waals surface area (Å²) in [5, 5.41) is 83.9. The molecule has 4 aliphatic rings. The summed E-state index contributed by atoms with van der Waals surface area (Å²) in [6, 6.07) is 31.3. The molecule has 0 bridgehead atoms. The van der Waals surface area contributed by atoms with Crippen LogP contribution in [0.25, 0.3) is 55.9 Å². The van der Waals surface area contributed by atoms with Crippen LogP contribution in [-0.4, -0.2) is 217 Å². The molecule has 712 valence electrons. The first-order chi connectivity index (χ1) is 62.3. The minimum atomic E-state index is -3.95. The van der Waals surface area contributed by atoms with Gasteiger partial charge in [0.25, 0.3) is 23.6 Å². The molecule has 11 N–H and O–H groups in total. The maximum absolute atomic E-state index is 14.9. The number of aromatic amines is 1. The van der Waals surface area contributed by atoms with E-state index in [1.54, 1.807) is 61.5 Å². The van der Waals surface area contributed by atoms with Gasteiger partial charge in [0, 0.05) is 144 Å². The molecule has 0 fully saturated rings. The lowest BCUT2D eigenvalue weighted by atomic mass is 9.94. The Morgan fingerprint density at radius 1 is 0.391 bits per heavy atom. The number of hydroxylamine groups is 4. The minimum absolute atomic E-state index is 0.0272. The molecular weight excluding hydrogens is 1850 g/mol. The monoisotopic (exact) mass is 1940 g/mol. The van der Waals surface area contributed by atoms with Crippen LogP contribution < -0.4 is 21.9 Å². The number of aromatic nitrogens is 5. The van der Waals surface area contributed by atoms with Gasteiger partial charge >= 0.3 is 0 Å².